The van der Waals surface area contributed by atoms with Crippen molar-refractivity contribution in [2.45, 2.75) is 52.4 Å². The van der Waals surface area contributed by atoms with Gasteiger partial charge in [-0.2, -0.15) is 0 Å². The van der Waals surface area contributed by atoms with Crippen LogP contribution in [0.5, 0.6) is 0 Å². The van der Waals surface area contributed by atoms with E-state index in [0.717, 1.165) is 19.3 Å². The van der Waals surface area contributed by atoms with E-state index in [1.807, 2.05) is 0 Å². The molecule has 2 atom stereocenters. The van der Waals surface area contributed by atoms with Crippen LogP contribution in [0.4, 0.5) is 0 Å². The topological polar surface area (TPSA) is 34.1 Å². The molecule has 1 rings (SSSR count). The first-order valence-corrected chi connectivity index (χ1v) is 5.68. The fraction of sp³-hybridized carbons (Fsp3) is 0.833. The molecule has 1 saturated carbocycles. The lowest BCUT2D eigenvalue weighted by atomic mass is 9.77. The standard InChI is InChI=1S/C12H20O2/c1-3-4-5-10-6-7-11(9(2)13)12(14)8-10/h10-11H,3-8H2,1-2H3. The van der Waals surface area contributed by atoms with E-state index in [2.05, 4.69) is 6.92 Å². The Bertz CT molecular complexity index is 220. The Kier molecular flexibility index (Phi) is 4.30. The van der Waals surface area contributed by atoms with Crippen molar-refractivity contribution in [3.63, 3.8) is 0 Å². The van der Waals surface area contributed by atoms with E-state index < -0.39 is 0 Å². The van der Waals surface area contributed by atoms with Crippen LogP contribution in [-0.4, -0.2) is 11.6 Å². The number of carbonyl (C=O) groups is 2. The first-order valence-electron chi connectivity index (χ1n) is 5.68. The van der Waals surface area contributed by atoms with Crippen molar-refractivity contribution in [2.75, 3.05) is 0 Å². The summed E-state index contributed by atoms with van der Waals surface area (Å²) in [5.41, 5.74) is 0. The molecule has 0 N–H and O–H groups in total. The third-order valence-corrected chi connectivity index (χ3v) is 3.20. The Hall–Kier alpha value is -0.660. The van der Waals surface area contributed by atoms with Gasteiger partial charge in [-0.1, -0.05) is 26.2 Å². The number of hydrogen-bond donors (Lipinski definition) is 0. The molecule has 2 nitrogen and oxygen atoms in total. The van der Waals surface area contributed by atoms with Gasteiger partial charge in [-0.3, -0.25) is 9.59 Å². The van der Waals surface area contributed by atoms with Crippen molar-refractivity contribution >= 4 is 11.6 Å². The van der Waals surface area contributed by atoms with Crippen molar-refractivity contribution in [3.05, 3.63) is 0 Å². The van der Waals surface area contributed by atoms with Gasteiger partial charge in [-0.15, -0.1) is 0 Å². The molecular formula is C12H20O2. The molecule has 0 spiro atoms. The number of rotatable bonds is 4. The van der Waals surface area contributed by atoms with Crippen LogP contribution in [0.15, 0.2) is 0 Å². The van der Waals surface area contributed by atoms with Crippen LogP contribution in [0, 0.1) is 11.8 Å². The Balaban J connectivity index is 2.39. The lowest BCUT2D eigenvalue weighted by molar-refractivity contribution is -0.134. The average molecular weight is 196 g/mol. The molecule has 14 heavy (non-hydrogen) atoms. The summed E-state index contributed by atoms with van der Waals surface area (Å²) in [6.45, 7) is 3.71. The van der Waals surface area contributed by atoms with Gasteiger partial charge in [0.15, 0.2) is 0 Å². The first kappa shape index (κ1) is 11.4. The van der Waals surface area contributed by atoms with Crippen LogP contribution < -0.4 is 0 Å². The summed E-state index contributed by atoms with van der Waals surface area (Å²) in [6, 6.07) is 0. The molecule has 1 aliphatic carbocycles. The predicted octanol–water partition coefficient (Wildman–Crippen LogP) is 2.75. The Labute approximate surface area is 86.1 Å². The van der Waals surface area contributed by atoms with Gasteiger partial charge in [0.2, 0.25) is 0 Å². The van der Waals surface area contributed by atoms with E-state index in [1.54, 1.807) is 0 Å². The zero-order chi connectivity index (χ0) is 10.6. The monoisotopic (exact) mass is 196 g/mol. The third kappa shape index (κ3) is 2.93. The minimum atomic E-state index is -0.270. The summed E-state index contributed by atoms with van der Waals surface area (Å²) >= 11 is 0. The quantitative estimate of drug-likeness (QED) is 0.648. The molecule has 0 saturated heterocycles. The molecule has 1 aliphatic rings. The van der Waals surface area contributed by atoms with Crippen molar-refractivity contribution in [1.82, 2.24) is 0 Å². The second-order valence-electron chi connectivity index (χ2n) is 4.42. The highest BCUT2D eigenvalue weighted by Crippen LogP contribution is 2.29. The number of Topliss-reactive ketones (excluding diaryl/α,β-unsaturated/α-hetero) is 2. The fourth-order valence-electron chi connectivity index (χ4n) is 2.26. The van der Waals surface area contributed by atoms with E-state index in [4.69, 9.17) is 0 Å². The summed E-state index contributed by atoms with van der Waals surface area (Å²) in [4.78, 5) is 22.7. The summed E-state index contributed by atoms with van der Waals surface area (Å²) in [7, 11) is 0. The van der Waals surface area contributed by atoms with E-state index in [1.165, 1.54) is 19.8 Å². The van der Waals surface area contributed by atoms with Gasteiger partial charge in [0.25, 0.3) is 0 Å². The molecule has 80 valence electrons. The minimum Gasteiger partial charge on any atom is -0.299 e. The zero-order valence-electron chi connectivity index (χ0n) is 9.21. The van der Waals surface area contributed by atoms with Crippen LogP contribution in [0.1, 0.15) is 52.4 Å². The van der Waals surface area contributed by atoms with Gasteiger partial charge in [0.05, 0.1) is 5.92 Å². The van der Waals surface area contributed by atoms with E-state index >= 15 is 0 Å². The Morgan fingerprint density at radius 1 is 1.43 bits per heavy atom. The maximum atomic E-state index is 11.6. The van der Waals surface area contributed by atoms with Gasteiger partial charge in [-0.25, -0.2) is 0 Å². The van der Waals surface area contributed by atoms with Crippen LogP contribution in [0.2, 0.25) is 0 Å². The molecule has 0 aromatic carbocycles. The molecule has 0 aromatic rings. The molecule has 0 amide bonds. The average Bonchev–Trinajstić information content (AvgIpc) is 2.14. The number of ketones is 2. The number of unbranched alkanes of at least 4 members (excludes halogenated alkanes) is 1. The van der Waals surface area contributed by atoms with Crippen LogP contribution in [-0.2, 0) is 9.59 Å². The van der Waals surface area contributed by atoms with Crippen LogP contribution in [0.25, 0.3) is 0 Å². The highest BCUT2D eigenvalue weighted by atomic mass is 16.1. The van der Waals surface area contributed by atoms with Crippen molar-refractivity contribution in [1.29, 1.82) is 0 Å². The molecule has 0 radical (unpaired) electrons. The molecule has 0 bridgehead atoms. The molecular weight excluding hydrogens is 176 g/mol. The Morgan fingerprint density at radius 2 is 2.14 bits per heavy atom. The molecule has 1 fully saturated rings. The maximum absolute atomic E-state index is 11.6. The largest absolute Gasteiger partial charge is 0.299 e. The van der Waals surface area contributed by atoms with E-state index in [9.17, 15) is 9.59 Å². The summed E-state index contributed by atoms with van der Waals surface area (Å²) in [5, 5.41) is 0. The molecule has 2 heteroatoms. The van der Waals surface area contributed by atoms with Crippen LogP contribution >= 0.6 is 0 Å². The second kappa shape index (κ2) is 5.28. The highest BCUT2D eigenvalue weighted by molar-refractivity contribution is 6.01. The minimum absolute atomic E-state index is 0.0592. The van der Waals surface area contributed by atoms with Gasteiger partial charge >= 0.3 is 0 Å². The van der Waals surface area contributed by atoms with Crippen molar-refractivity contribution in [3.8, 4) is 0 Å². The van der Waals surface area contributed by atoms with Gasteiger partial charge in [0, 0.05) is 6.42 Å². The van der Waals surface area contributed by atoms with Crippen molar-refractivity contribution in [2.24, 2.45) is 11.8 Å². The van der Waals surface area contributed by atoms with E-state index in [0.29, 0.717) is 12.3 Å². The van der Waals surface area contributed by atoms with Crippen molar-refractivity contribution < 1.29 is 9.59 Å². The van der Waals surface area contributed by atoms with Gasteiger partial charge in [0.1, 0.15) is 11.6 Å². The fourth-order valence-corrected chi connectivity index (χ4v) is 2.26. The molecule has 0 aliphatic heterocycles. The predicted molar refractivity (Wildman–Crippen MR) is 56.0 cm³/mol. The lowest BCUT2D eigenvalue weighted by Crippen LogP contribution is -2.29. The Morgan fingerprint density at radius 3 is 2.64 bits per heavy atom. The maximum Gasteiger partial charge on any atom is 0.143 e. The van der Waals surface area contributed by atoms with Crippen LogP contribution in [0.3, 0.4) is 0 Å². The smallest absolute Gasteiger partial charge is 0.143 e. The normalized spacial score (nSPS) is 27.7. The number of hydrogen-bond acceptors (Lipinski definition) is 2. The number of carbonyl (C=O) groups excluding carboxylic acids is 2. The molecule has 0 heterocycles. The molecule has 0 aromatic heterocycles. The molecule has 2 unspecified atom stereocenters. The first-order chi connectivity index (χ1) is 6.65. The highest BCUT2D eigenvalue weighted by Gasteiger charge is 2.30. The van der Waals surface area contributed by atoms with Gasteiger partial charge < -0.3 is 0 Å². The SMILES string of the molecule is CCCCC1CCC(C(C)=O)C(=O)C1. The summed E-state index contributed by atoms with van der Waals surface area (Å²) in [6.07, 6.45) is 6.07. The lowest BCUT2D eigenvalue weighted by Gasteiger charge is -2.25. The van der Waals surface area contributed by atoms with E-state index in [-0.39, 0.29) is 17.5 Å². The zero-order valence-corrected chi connectivity index (χ0v) is 9.21. The third-order valence-electron chi connectivity index (χ3n) is 3.20. The summed E-state index contributed by atoms with van der Waals surface area (Å²) in [5.74, 6) is 0.528. The summed E-state index contributed by atoms with van der Waals surface area (Å²) < 4.78 is 0. The van der Waals surface area contributed by atoms with Gasteiger partial charge in [-0.05, 0) is 25.7 Å². The second-order valence-corrected chi connectivity index (χ2v) is 4.42.